The van der Waals surface area contributed by atoms with Crippen LogP contribution in [0.25, 0.3) is 0 Å². The van der Waals surface area contributed by atoms with Crippen molar-refractivity contribution in [3.05, 3.63) is 51.8 Å². The molecule has 0 aliphatic rings. The Bertz CT molecular complexity index is 1080. The summed E-state index contributed by atoms with van der Waals surface area (Å²) in [6.45, 7) is 6.20. The first-order valence-corrected chi connectivity index (χ1v) is 10.7. The number of aryl methyl sites for hydroxylation is 2. The van der Waals surface area contributed by atoms with Crippen LogP contribution in [0.3, 0.4) is 0 Å². The quantitative estimate of drug-likeness (QED) is 0.539. The Morgan fingerprint density at radius 1 is 1.03 bits per heavy atom. The lowest BCUT2D eigenvalue weighted by Crippen LogP contribution is -2.17. The monoisotopic (exact) mass is 421 g/mol. The van der Waals surface area contributed by atoms with Crippen molar-refractivity contribution >= 4 is 27.6 Å². The molecular weight excluding hydrogens is 398 g/mol. The number of hydrogen-bond acceptors (Lipinski definition) is 7. The number of aromatic amines is 1. The first-order chi connectivity index (χ1) is 13.5. The van der Waals surface area contributed by atoms with Crippen molar-refractivity contribution < 1.29 is 32.3 Å². The minimum Gasteiger partial charge on any atom is -0.462 e. The van der Waals surface area contributed by atoms with Crippen LogP contribution in [0.4, 0.5) is 0 Å². The highest BCUT2D eigenvalue weighted by atomic mass is 32.2. The van der Waals surface area contributed by atoms with Gasteiger partial charge in [0.05, 0.1) is 28.3 Å². The number of esters is 2. The van der Waals surface area contributed by atoms with E-state index < -0.39 is 34.2 Å². The van der Waals surface area contributed by atoms with Crippen molar-refractivity contribution in [2.75, 3.05) is 19.5 Å². The fraction of sp³-hybridized carbons (Fsp3) is 0.350. The number of rotatable bonds is 7. The van der Waals surface area contributed by atoms with Crippen molar-refractivity contribution in [1.82, 2.24) is 4.98 Å². The summed E-state index contributed by atoms with van der Waals surface area (Å²) >= 11 is 0. The Kier molecular flexibility index (Phi) is 6.63. The third-order valence-electron chi connectivity index (χ3n) is 4.39. The number of hydrogen-bond donors (Lipinski definition) is 1. The summed E-state index contributed by atoms with van der Waals surface area (Å²) in [4.78, 5) is 39.7. The first kappa shape index (κ1) is 22.4. The van der Waals surface area contributed by atoms with Crippen LogP contribution in [0, 0.1) is 20.8 Å². The Labute approximate surface area is 169 Å². The van der Waals surface area contributed by atoms with Gasteiger partial charge in [-0.15, -0.1) is 0 Å². The van der Waals surface area contributed by atoms with Gasteiger partial charge in [0.1, 0.15) is 0 Å². The molecule has 0 atom stereocenters. The highest BCUT2D eigenvalue weighted by molar-refractivity contribution is 7.90. The van der Waals surface area contributed by atoms with Crippen molar-refractivity contribution in [3.8, 4) is 0 Å². The molecule has 1 aromatic heterocycles. The molecular formula is C20H23NO7S. The van der Waals surface area contributed by atoms with Gasteiger partial charge in [-0.05, 0) is 51.0 Å². The van der Waals surface area contributed by atoms with E-state index in [1.165, 1.54) is 18.2 Å². The largest absolute Gasteiger partial charge is 0.462 e. The molecule has 156 valence electrons. The zero-order valence-corrected chi connectivity index (χ0v) is 17.7. The lowest BCUT2D eigenvalue weighted by atomic mass is 10.1. The van der Waals surface area contributed by atoms with Gasteiger partial charge in [-0.25, -0.2) is 18.0 Å². The fourth-order valence-electron chi connectivity index (χ4n) is 2.87. The molecule has 0 bridgehead atoms. The highest BCUT2D eigenvalue weighted by Crippen LogP contribution is 2.20. The van der Waals surface area contributed by atoms with Crippen LogP contribution < -0.4 is 0 Å². The molecule has 0 aliphatic heterocycles. The zero-order valence-electron chi connectivity index (χ0n) is 16.9. The molecule has 0 saturated carbocycles. The molecule has 9 heteroatoms. The molecule has 0 saturated heterocycles. The van der Waals surface area contributed by atoms with E-state index in [4.69, 9.17) is 9.47 Å². The standard InChI is InChI=1S/C20H23NO7S/c1-6-27-20(24)17-12(3)18(21-13(17)4)16(22)10-28-19(23)15-9-14(29(5,25)26)8-7-11(15)2/h7-9,21H,6,10H2,1-5H3. The SMILES string of the molecule is CCOC(=O)c1c(C)[nH]c(C(=O)COC(=O)c2cc(S(C)(=O)=O)ccc2C)c1C. The number of H-pyrrole nitrogens is 1. The second kappa shape index (κ2) is 8.60. The minimum absolute atomic E-state index is 0.0173. The maximum atomic E-state index is 12.5. The molecule has 0 spiro atoms. The molecule has 2 aromatic rings. The Hall–Kier alpha value is -2.94. The molecule has 0 fully saturated rings. The number of ether oxygens (including phenoxy) is 2. The van der Waals surface area contributed by atoms with Crippen molar-refractivity contribution in [2.24, 2.45) is 0 Å². The number of carbonyl (C=O) groups is 3. The Morgan fingerprint density at radius 3 is 2.28 bits per heavy atom. The molecule has 1 aromatic carbocycles. The minimum atomic E-state index is -3.49. The highest BCUT2D eigenvalue weighted by Gasteiger charge is 2.24. The topological polar surface area (TPSA) is 120 Å². The van der Waals surface area contributed by atoms with E-state index in [0.29, 0.717) is 16.8 Å². The molecule has 29 heavy (non-hydrogen) atoms. The van der Waals surface area contributed by atoms with Gasteiger partial charge in [0, 0.05) is 11.9 Å². The van der Waals surface area contributed by atoms with E-state index in [1.54, 1.807) is 27.7 Å². The van der Waals surface area contributed by atoms with E-state index in [2.05, 4.69) is 4.98 Å². The third kappa shape index (κ3) is 4.92. The summed E-state index contributed by atoms with van der Waals surface area (Å²) in [7, 11) is -3.49. The summed E-state index contributed by atoms with van der Waals surface area (Å²) in [6.07, 6.45) is 1.04. The van der Waals surface area contributed by atoms with E-state index in [0.717, 1.165) is 6.26 Å². The smallest absolute Gasteiger partial charge is 0.340 e. The maximum Gasteiger partial charge on any atom is 0.340 e. The van der Waals surface area contributed by atoms with Crippen LogP contribution in [-0.2, 0) is 19.3 Å². The number of aromatic nitrogens is 1. The van der Waals surface area contributed by atoms with Crippen LogP contribution in [0.1, 0.15) is 54.9 Å². The van der Waals surface area contributed by atoms with E-state index >= 15 is 0 Å². The fourth-order valence-corrected chi connectivity index (χ4v) is 3.52. The van der Waals surface area contributed by atoms with Crippen molar-refractivity contribution in [1.29, 1.82) is 0 Å². The Morgan fingerprint density at radius 2 is 1.69 bits per heavy atom. The summed E-state index contributed by atoms with van der Waals surface area (Å²) in [5, 5.41) is 0. The number of sulfone groups is 1. The van der Waals surface area contributed by atoms with Crippen LogP contribution in [0.2, 0.25) is 0 Å². The van der Waals surface area contributed by atoms with E-state index in [1.807, 2.05) is 0 Å². The molecule has 1 N–H and O–H groups in total. The Balaban J connectivity index is 2.19. The van der Waals surface area contributed by atoms with Gasteiger partial charge in [-0.1, -0.05) is 6.07 Å². The average molecular weight is 421 g/mol. The number of nitrogens with one attached hydrogen (secondary N) is 1. The van der Waals surface area contributed by atoms with Crippen LogP contribution in [0.5, 0.6) is 0 Å². The molecule has 0 amide bonds. The summed E-state index contributed by atoms with van der Waals surface area (Å²) in [5.41, 5.74) is 1.90. The molecule has 0 radical (unpaired) electrons. The van der Waals surface area contributed by atoms with Crippen molar-refractivity contribution in [2.45, 2.75) is 32.6 Å². The van der Waals surface area contributed by atoms with Gasteiger partial charge in [0.25, 0.3) is 0 Å². The van der Waals surface area contributed by atoms with Gasteiger partial charge < -0.3 is 14.5 Å². The van der Waals surface area contributed by atoms with Gasteiger partial charge >= 0.3 is 11.9 Å². The molecule has 2 rings (SSSR count). The van der Waals surface area contributed by atoms with Crippen LogP contribution in [-0.4, -0.2) is 50.6 Å². The molecule has 1 heterocycles. The van der Waals surface area contributed by atoms with Gasteiger partial charge in [-0.3, -0.25) is 4.79 Å². The second-order valence-corrected chi connectivity index (χ2v) is 8.61. The predicted molar refractivity (Wildman–Crippen MR) is 105 cm³/mol. The molecule has 0 unspecified atom stereocenters. The maximum absolute atomic E-state index is 12.5. The summed E-state index contributed by atoms with van der Waals surface area (Å²) in [6, 6.07) is 4.12. The lowest BCUT2D eigenvalue weighted by molar-refractivity contribution is 0.0471. The number of carbonyl (C=O) groups excluding carboxylic acids is 3. The lowest BCUT2D eigenvalue weighted by Gasteiger charge is -2.08. The predicted octanol–water partition coefficient (Wildman–Crippen LogP) is 2.56. The number of Topliss-reactive ketones (excluding diaryl/α,β-unsaturated/α-hetero) is 1. The first-order valence-electron chi connectivity index (χ1n) is 8.84. The molecule has 0 aliphatic carbocycles. The van der Waals surface area contributed by atoms with Gasteiger partial charge in [0.2, 0.25) is 5.78 Å². The average Bonchev–Trinajstić information content (AvgIpc) is 2.93. The van der Waals surface area contributed by atoms with Gasteiger partial charge in [0.15, 0.2) is 16.4 Å². The number of ketones is 1. The van der Waals surface area contributed by atoms with Crippen LogP contribution in [0.15, 0.2) is 23.1 Å². The summed E-state index contributed by atoms with van der Waals surface area (Å²) in [5.74, 6) is -1.87. The van der Waals surface area contributed by atoms with Crippen molar-refractivity contribution in [3.63, 3.8) is 0 Å². The summed E-state index contributed by atoms with van der Waals surface area (Å²) < 4.78 is 33.5. The van der Waals surface area contributed by atoms with E-state index in [9.17, 15) is 22.8 Å². The second-order valence-electron chi connectivity index (χ2n) is 6.59. The molecule has 8 nitrogen and oxygen atoms in total. The zero-order chi connectivity index (χ0) is 21.9. The third-order valence-corrected chi connectivity index (χ3v) is 5.50. The number of benzene rings is 1. The normalized spacial score (nSPS) is 11.2. The van der Waals surface area contributed by atoms with E-state index in [-0.39, 0.29) is 28.3 Å². The van der Waals surface area contributed by atoms with Gasteiger partial charge in [-0.2, -0.15) is 0 Å². The van der Waals surface area contributed by atoms with Crippen LogP contribution >= 0.6 is 0 Å².